The lowest BCUT2D eigenvalue weighted by Crippen LogP contribution is -2.40. The highest BCUT2D eigenvalue weighted by Crippen LogP contribution is 2.37. The number of ketones is 1. The van der Waals surface area contributed by atoms with Gasteiger partial charge in [0.1, 0.15) is 12.2 Å². The summed E-state index contributed by atoms with van der Waals surface area (Å²) < 4.78 is 10.9. The van der Waals surface area contributed by atoms with Gasteiger partial charge in [0.15, 0.2) is 5.78 Å². The lowest BCUT2D eigenvalue weighted by Gasteiger charge is -2.32. The summed E-state index contributed by atoms with van der Waals surface area (Å²) in [6.07, 6.45) is 2.64. The Bertz CT molecular complexity index is 667. The van der Waals surface area contributed by atoms with Crippen LogP contribution < -0.4 is 0 Å². The smallest absolute Gasteiger partial charge is 0.334 e. The van der Waals surface area contributed by atoms with Crippen LogP contribution in [0, 0.1) is 11.8 Å². The van der Waals surface area contributed by atoms with Gasteiger partial charge in [-0.05, 0) is 37.6 Å². The second kappa shape index (κ2) is 6.96. The van der Waals surface area contributed by atoms with Gasteiger partial charge >= 0.3 is 11.9 Å². The van der Waals surface area contributed by atoms with Gasteiger partial charge in [0.2, 0.25) is 0 Å². The normalized spacial score (nSPS) is 36.3. The maximum absolute atomic E-state index is 12.1. The number of fused-ring (bicyclic) bond motifs is 1. The number of carbonyl (C=O) groups excluding carboxylic acids is 3. The third-order valence-electron chi connectivity index (χ3n) is 4.41. The molecule has 0 radical (unpaired) electrons. The maximum atomic E-state index is 12.1. The molecule has 1 fully saturated rings. The molecule has 1 aliphatic carbocycles. The summed E-state index contributed by atoms with van der Waals surface area (Å²) in [4.78, 5) is 36.2. The highest BCUT2D eigenvalue weighted by Gasteiger charge is 2.46. The zero-order chi connectivity index (χ0) is 18.9. The zero-order valence-electron chi connectivity index (χ0n) is 14.9. The van der Waals surface area contributed by atoms with E-state index in [9.17, 15) is 19.5 Å². The molecule has 0 unspecified atom stereocenters. The first kappa shape index (κ1) is 19.1. The highest BCUT2D eigenvalue weighted by atomic mass is 16.6. The Kier molecular flexibility index (Phi) is 5.32. The van der Waals surface area contributed by atoms with E-state index in [2.05, 4.69) is 6.58 Å². The number of esters is 2. The van der Waals surface area contributed by atoms with Gasteiger partial charge in [-0.1, -0.05) is 20.4 Å². The minimum atomic E-state index is -1.40. The molecule has 1 saturated heterocycles. The number of carbonyl (C=O) groups is 3. The second-order valence-corrected chi connectivity index (χ2v) is 7.16. The Morgan fingerprint density at radius 3 is 2.68 bits per heavy atom. The number of rotatable bonds is 2. The monoisotopic (exact) mass is 348 g/mol. The number of allylic oxidation sites excluding steroid dienone is 2. The molecule has 1 aliphatic heterocycles. The van der Waals surface area contributed by atoms with Crippen molar-refractivity contribution in [2.75, 3.05) is 0 Å². The van der Waals surface area contributed by atoms with Crippen LogP contribution in [0.2, 0.25) is 0 Å². The van der Waals surface area contributed by atoms with E-state index < -0.39 is 35.7 Å². The van der Waals surface area contributed by atoms with Crippen molar-refractivity contribution in [3.05, 3.63) is 36.0 Å². The molecule has 1 heterocycles. The number of hydrogen-bond donors (Lipinski definition) is 1. The second-order valence-electron chi connectivity index (χ2n) is 7.16. The Morgan fingerprint density at radius 2 is 2.08 bits per heavy atom. The summed E-state index contributed by atoms with van der Waals surface area (Å²) in [6.45, 7) is 10.3. The van der Waals surface area contributed by atoms with Gasteiger partial charge in [0, 0.05) is 12.0 Å². The SMILES string of the molecule is C=C1C(=O)O[C@@H]2/C=C(/C)C(=O)/C=C\[C@](C)(O)C[C@@H](OC(=O)C(C)C)[C@@H]12. The minimum Gasteiger partial charge on any atom is -0.461 e. The predicted octanol–water partition coefficient (Wildman–Crippen LogP) is 1.88. The van der Waals surface area contributed by atoms with Crippen LogP contribution in [-0.4, -0.2) is 40.6 Å². The molecule has 0 aromatic carbocycles. The van der Waals surface area contributed by atoms with Crippen molar-refractivity contribution in [1.82, 2.24) is 0 Å². The first-order chi connectivity index (χ1) is 11.5. The van der Waals surface area contributed by atoms with Crippen molar-refractivity contribution in [3.63, 3.8) is 0 Å². The molecule has 0 aromatic heterocycles. The largest absolute Gasteiger partial charge is 0.461 e. The molecule has 136 valence electrons. The summed E-state index contributed by atoms with van der Waals surface area (Å²) in [5.74, 6) is -2.34. The molecule has 4 atom stereocenters. The molecule has 0 aromatic rings. The Balaban J connectivity index is 2.49. The molecule has 0 amide bonds. The van der Waals surface area contributed by atoms with Gasteiger partial charge in [-0.25, -0.2) is 4.79 Å². The molecule has 6 heteroatoms. The van der Waals surface area contributed by atoms with Crippen LogP contribution in [0.3, 0.4) is 0 Å². The first-order valence-corrected chi connectivity index (χ1v) is 8.26. The molecule has 1 N–H and O–H groups in total. The van der Waals surface area contributed by atoms with Crippen molar-refractivity contribution < 1.29 is 29.0 Å². The molecule has 0 spiro atoms. The van der Waals surface area contributed by atoms with E-state index in [-0.39, 0.29) is 23.7 Å². The van der Waals surface area contributed by atoms with Crippen LogP contribution in [0.25, 0.3) is 0 Å². The van der Waals surface area contributed by atoms with E-state index >= 15 is 0 Å². The van der Waals surface area contributed by atoms with Gasteiger partial charge < -0.3 is 14.6 Å². The highest BCUT2D eigenvalue weighted by molar-refractivity contribution is 6.03. The van der Waals surface area contributed by atoms with Gasteiger partial charge in [-0.3, -0.25) is 9.59 Å². The topological polar surface area (TPSA) is 89.9 Å². The van der Waals surface area contributed by atoms with E-state index in [0.717, 1.165) is 0 Å². The third kappa shape index (κ3) is 4.25. The van der Waals surface area contributed by atoms with Crippen molar-refractivity contribution in [1.29, 1.82) is 0 Å². The molecule has 0 saturated carbocycles. The molecule has 6 nitrogen and oxygen atoms in total. The summed E-state index contributed by atoms with van der Waals surface area (Å²) >= 11 is 0. The number of aliphatic hydroxyl groups is 1. The van der Waals surface area contributed by atoms with Crippen LogP contribution >= 0.6 is 0 Å². The first-order valence-electron chi connectivity index (χ1n) is 8.26. The molecular weight excluding hydrogens is 324 g/mol. The molecule has 0 bridgehead atoms. The fourth-order valence-corrected chi connectivity index (χ4v) is 2.90. The average molecular weight is 348 g/mol. The molecule has 2 aliphatic rings. The Hall–Kier alpha value is -2.21. The van der Waals surface area contributed by atoms with E-state index in [1.54, 1.807) is 26.8 Å². The van der Waals surface area contributed by atoms with E-state index in [0.29, 0.717) is 5.57 Å². The van der Waals surface area contributed by atoms with Gasteiger partial charge in [0.05, 0.1) is 17.4 Å². The van der Waals surface area contributed by atoms with Crippen LogP contribution in [0.1, 0.15) is 34.1 Å². The van der Waals surface area contributed by atoms with E-state index in [4.69, 9.17) is 9.47 Å². The summed E-state index contributed by atoms with van der Waals surface area (Å²) in [7, 11) is 0. The Morgan fingerprint density at radius 1 is 1.44 bits per heavy atom. The van der Waals surface area contributed by atoms with Crippen molar-refractivity contribution in [2.24, 2.45) is 11.8 Å². The van der Waals surface area contributed by atoms with E-state index in [1.807, 2.05) is 0 Å². The fraction of sp³-hybridized carbons (Fsp3) is 0.526. The average Bonchev–Trinajstić information content (AvgIpc) is 2.77. The maximum Gasteiger partial charge on any atom is 0.334 e. The summed E-state index contributed by atoms with van der Waals surface area (Å²) in [6, 6.07) is 0. The predicted molar refractivity (Wildman–Crippen MR) is 90.4 cm³/mol. The number of ether oxygens (including phenoxy) is 2. The number of hydrogen-bond acceptors (Lipinski definition) is 6. The van der Waals surface area contributed by atoms with Crippen molar-refractivity contribution in [2.45, 2.75) is 51.9 Å². The van der Waals surface area contributed by atoms with Gasteiger partial charge in [-0.2, -0.15) is 0 Å². The zero-order valence-corrected chi connectivity index (χ0v) is 14.9. The summed E-state index contributed by atoms with van der Waals surface area (Å²) in [5.41, 5.74) is -0.852. The minimum absolute atomic E-state index is 0.0129. The van der Waals surface area contributed by atoms with Gasteiger partial charge in [0.25, 0.3) is 0 Å². The lowest BCUT2D eigenvalue weighted by molar-refractivity contribution is -0.158. The molecule has 2 rings (SSSR count). The van der Waals surface area contributed by atoms with Crippen LogP contribution in [-0.2, 0) is 23.9 Å². The van der Waals surface area contributed by atoms with Crippen LogP contribution in [0.4, 0.5) is 0 Å². The van der Waals surface area contributed by atoms with E-state index in [1.165, 1.54) is 19.1 Å². The van der Waals surface area contributed by atoms with Crippen LogP contribution in [0.5, 0.6) is 0 Å². The molecule has 25 heavy (non-hydrogen) atoms. The van der Waals surface area contributed by atoms with Gasteiger partial charge in [-0.15, -0.1) is 0 Å². The van der Waals surface area contributed by atoms with Crippen molar-refractivity contribution in [3.8, 4) is 0 Å². The molecular formula is C19H24O6. The summed E-state index contributed by atoms with van der Waals surface area (Å²) in [5, 5.41) is 10.6. The van der Waals surface area contributed by atoms with Crippen LogP contribution in [0.15, 0.2) is 36.0 Å². The quantitative estimate of drug-likeness (QED) is 0.605. The van der Waals surface area contributed by atoms with Crippen molar-refractivity contribution >= 4 is 17.7 Å². The third-order valence-corrected chi connectivity index (χ3v) is 4.41. The lowest BCUT2D eigenvalue weighted by atomic mass is 9.82. The Labute approximate surface area is 147 Å². The fourth-order valence-electron chi connectivity index (χ4n) is 2.90. The standard InChI is InChI=1S/C19H24O6/c1-10(2)17(21)25-15-9-19(5,23)7-6-13(20)11(3)8-14-16(15)12(4)18(22)24-14/h6-8,10,14-16,23H,4,9H2,1-3,5H3/b7-6-,11-8-/t14-,15-,16+,19+/m1/s1.